The van der Waals surface area contributed by atoms with Crippen molar-refractivity contribution in [3.63, 3.8) is 0 Å². The highest BCUT2D eigenvalue weighted by Crippen LogP contribution is 2.31. The molecule has 0 saturated carbocycles. The molecular formula is C25H28N4O2. The van der Waals surface area contributed by atoms with Gasteiger partial charge in [-0.05, 0) is 61.6 Å². The van der Waals surface area contributed by atoms with Crippen molar-refractivity contribution in [1.82, 2.24) is 9.97 Å². The van der Waals surface area contributed by atoms with Crippen molar-refractivity contribution in [1.29, 1.82) is 0 Å². The average molecular weight is 417 g/mol. The summed E-state index contributed by atoms with van der Waals surface area (Å²) in [4.78, 5) is 23.8. The predicted molar refractivity (Wildman–Crippen MR) is 123 cm³/mol. The minimum absolute atomic E-state index is 0.0145. The quantitative estimate of drug-likeness (QED) is 0.613. The fourth-order valence-corrected chi connectivity index (χ4v) is 3.86. The van der Waals surface area contributed by atoms with E-state index >= 15 is 0 Å². The molecular weight excluding hydrogens is 388 g/mol. The second kappa shape index (κ2) is 9.60. The highest BCUT2D eigenvalue weighted by molar-refractivity contribution is 5.92. The van der Waals surface area contributed by atoms with Gasteiger partial charge in [0.1, 0.15) is 5.75 Å². The molecule has 1 amide bonds. The molecule has 4 rings (SSSR count). The van der Waals surface area contributed by atoms with Gasteiger partial charge in [0, 0.05) is 37.1 Å². The minimum atomic E-state index is -0.0145. The number of rotatable bonds is 6. The van der Waals surface area contributed by atoms with E-state index < -0.39 is 0 Å². The first-order chi connectivity index (χ1) is 15.1. The molecule has 31 heavy (non-hydrogen) atoms. The Kier molecular flexibility index (Phi) is 6.46. The van der Waals surface area contributed by atoms with E-state index in [4.69, 9.17) is 4.74 Å². The first-order valence-electron chi connectivity index (χ1n) is 10.8. The van der Waals surface area contributed by atoms with Crippen molar-refractivity contribution in [2.24, 2.45) is 5.92 Å². The van der Waals surface area contributed by atoms with Crippen molar-refractivity contribution in [2.75, 3.05) is 23.3 Å². The third kappa shape index (κ3) is 5.20. The SMILES string of the molecule is CCc1cccc(NC(=O)C2CCN(c3nccnc3Oc3cccc(C)c3)CC2)c1. The molecule has 2 aromatic carbocycles. The highest BCUT2D eigenvalue weighted by atomic mass is 16.5. The second-order valence-corrected chi connectivity index (χ2v) is 7.91. The van der Waals surface area contributed by atoms with Gasteiger partial charge in [-0.15, -0.1) is 0 Å². The van der Waals surface area contributed by atoms with Crippen LogP contribution in [0.4, 0.5) is 11.5 Å². The van der Waals surface area contributed by atoms with Crippen LogP contribution in [0.1, 0.15) is 30.9 Å². The lowest BCUT2D eigenvalue weighted by atomic mass is 9.95. The Morgan fingerprint density at radius 1 is 1.10 bits per heavy atom. The number of hydrogen-bond donors (Lipinski definition) is 1. The molecule has 160 valence electrons. The van der Waals surface area contributed by atoms with E-state index in [1.807, 2.05) is 49.4 Å². The van der Waals surface area contributed by atoms with Gasteiger partial charge in [0.2, 0.25) is 5.91 Å². The Hall–Kier alpha value is -3.41. The number of hydrogen-bond acceptors (Lipinski definition) is 5. The standard InChI is InChI=1S/C25H28N4O2/c1-3-19-7-5-8-21(17-19)28-24(30)20-10-14-29(15-11-20)23-25(27-13-12-26-23)31-22-9-4-6-18(2)16-22/h4-9,12-13,16-17,20H,3,10-11,14-15H2,1-2H3,(H,28,30). The van der Waals surface area contributed by atoms with E-state index in [9.17, 15) is 4.79 Å². The average Bonchev–Trinajstić information content (AvgIpc) is 2.80. The Morgan fingerprint density at radius 3 is 2.65 bits per heavy atom. The van der Waals surface area contributed by atoms with Gasteiger partial charge in [0.25, 0.3) is 5.88 Å². The van der Waals surface area contributed by atoms with E-state index in [-0.39, 0.29) is 11.8 Å². The molecule has 6 heteroatoms. The number of anilines is 2. The summed E-state index contributed by atoms with van der Waals surface area (Å²) in [7, 11) is 0. The number of benzene rings is 2. The molecule has 2 heterocycles. The maximum absolute atomic E-state index is 12.8. The molecule has 1 fully saturated rings. The van der Waals surface area contributed by atoms with Crippen molar-refractivity contribution in [2.45, 2.75) is 33.1 Å². The van der Waals surface area contributed by atoms with Gasteiger partial charge < -0.3 is 15.0 Å². The topological polar surface area (TPSA) is 67.4 Å². The first-order valence-corrected chi connectivity index (χ1v) is 10.8. The molecule has 6 nitrogen and oxygen atoms in total. The monoisotopic (exact) mass is 416 g/mol. The number of carbonyl (C=O) groups excluding carboxylic acids is 1. The highest BCUT2D eigenvalue weighted by Gasteiger charge is 2.27. The largest absolute Gasteiger partial charge is 0.436 e. The Labute approximate surface area is 183 Å². The molecule has 1 N–H and O–H groups in total. The molecule has 0 radical (unpaired) electrons. The van der Waals surface area contributed by atoms with Crippen molar-refractivity contribution < 1.29 is 9.53 Å². The second-order valence-electron chi connectivity index (χ2n) is 7.91. The van der Waals surface area contributed by atoms with Crippen LogP contribution in [0, 0.1) is 12.8 Å². The van der Waals surface area contributed by atoms with Crippen molar-refractivity contribution >= 4 is 17.4 Å². The fourth-order valence-electron chi connectivity index (χ4n) is 3.86. The molecule has 0 unspecified atom stereocenters. The van der Waals surface area contributed by atoms with Crippen LogP contribution < -0.4 is 15.0 Å². The first kappa shape index (κ1) is 20.8. The van der Waals surface area contributed by atoms with Crippen LogP contribution >= 0.6 is 0 Å². The number of aryl methyl sites for hydroxylation is 2. The lowest BCUT2D eigenvalue weighted by Gasteiger charge is -2.32. The van der Waals surface area contributed by atoms with Gasteiger partial charge >= 0.3 is 0 Å². The summed E-state index contributed by atoms with van der Waals surface area (Å²) in [5.41, 5.74) is 3.21. The van der Waals surface area contributed by atoms with E-state index in [1.165, 1.54) is 5.56 Å². The molecule has 1 aliphatic rings. The number of amides is 1. The number of carbonyl (C=O) groups is 1. The Balaban J connectivity index is 1.39. The van der Waals surface area contributed by atoms with Gasteiger partial charge in [0.05, 0.1) is 0 Å². The molecule has 0 aliphatic carbocycles. The number of ether oxygens (including phenoxy) is 1. The number of nitrogens with one attached hydrogen (secondary N) is 1. The normalized spacial score (nSPS) is 14.3. The van der Waals surface area contributed by atoms with Crippen LogP contribution in [0.2, 0.25) is 0 Å². The summed E-state index contributed by atoms with van der Waals surface area (Å²) in [6.45, 7) is 5.60. The zero-order chi connectivity index (χ0) is 21.6. The third-order valence-corrected chi connectivity index (χ3v) is 5.62. The number of nitrogens with zero attached hydrogens (tertiary/aromatic N) is 3. The molecule has 3 aromatic rings. The maximum Gasteiger partial charge on any atom is 0.263 e. The van der Waals surface area contributed by atoms with E-state index in [0.717, 1.165) is 55.2 Å². The molecule has 0 spiro atoms. The number of piperidine rings is 1. The molecule has 1 saturated heterocycles. The van der Waals surface area contributed by atoms with Crippen molar-refractivity contribution in [3.8, 4) is 11.6 Å². The molecule has 1 aliphatic heterocycles. The lowest BCUT2D eigenvalue weighted by molar-refractivity contribution is -0.120. The maximum atomic E-state index is 12.8. The summed E-state index contributed by atoms with van der Waals surface area (Å²) in [5, 5.41) is 3.08. The Morgan fingerprint density at radius 2 is 1.87 bits per heavy atom. The van der Waals surface area contributed by atoms with Crippen LogP contribution in [-0.2, 0) is 11.2 Å². The third-order valence-electron chi connectivity index (χ3n) is 5.62. The lowest BCUT2D eigenvalue weighted by Crippen LogP contribution is -2.38. The molecule has 1 aromatic heterocycles. The minimum Gasteiger partial charge on any atom is -0.436 e. The predicted octanol–water partition coefficient (Wildman–Crippen LogP) is 4.99. The zero-order valence-electron chi connectivity index (χ0n) is 18.0. The smallest absolute Gasteiger partial charge is 0.263 e. The van der Waals surface area contributed by atoms with Gasteiger partial charge in [0.15, 0.2) is 5.82 Å². The molecule has 0 bridgehead atoms. The summed E-state index contributed by atoms with van der Waals surface area (Å²) in [5.74, 6) is 2.03. The van der Waals surface area contributed by atoms with E-state index in [0.29, 0.717) is 5.88 Å². The summed E-state index contributed by atoms with van der Waals surface area (Å²) in [6.07, 6.45) is 5.80. The molecule has 0 atom stereocenters. The van der Waals surface area contributed by atoms with Gasteiger partial charge in [-0.2, -0.15) is 0 Å². The van der Waals surface area contributed by atoms with Crippen LogP contribution in [0.15, 0.2) is 60.9 Å². The van der Waals surface area contributed by atoms with Crippen LogP contribution in [0.25, 0.3) is 0 Å². The van der Waals surface area contributed by atoms with Gasteiger partial charge in [-0.25, -0.2) is 9.97 Å². The van der Waals surface area contributed by atoms with Crippen LogP contribution in [-0.4, -0.2) is 29.0 Å². The summed E-state index contributed by atoms with van der Waals surface area (Å²) in [6, 6.07) is 15.9. The van der Waals surface area contributed by atoms with Gasteiger partial charge in [-0.3, -0.25) is 4.79 Å². The van der Waals surface area contributed by atoms with E-state index in [1.54, 1.807) is 12.4 Å². The van der Waals surface area contributed by atoms with E-state index in [2.05, 4.69) is 33.2 Å². The van der Waals surface area contributed by atoms with Crippen LogP contribution in [0.5, 0.6) is 11.6 Å². The Bertz CT molecular complexity index is 1040. The zero-order valence-corrected chi connectivity index (χ0v) is 18.0. The summed E-state index contributed by atoms with van der Waals surface area (Å²) >= 11 is 0. The fraction of sp³-hybridized carbons (Fsp3) is 0.320. The van der Waals surface area contributed by atoms with Gasteiger partial charge in [-0.1, -0.05) is 31.2 Å². The van der Waals surface area contributed by atoms with Crippen molar-refractivity contribution in [3.05, 3.63) is 72.1 Å². The number of aromatic nitrogens is 2. The van der Waals surface area contributed by atoms with Crippen LogP contribution in [0.3, 0.4) is 0 Å². The summed E-state index contributed by atoms with van der Waals surface area (Å²) < 4.78 is 6.02.